The summed E-state index contributed by atoms with van der Waals surface area (Å²) in [6.45, 7) is 1.64. The van der Waals surface area contributed by atoms with Crippen LogP contribution >= 0.6 is 0 Å². The number of hydrogen-bond acceptors (Lipinski definition) is 3. The van der Waals surface area contributed by atoms with Crippen LogP contribution in [0, 0.1) is 0 Å². The summed E-state index contributed by atoms with van der Waals surface area (Å²) in [5.74, 6) is -0.416. The first-order valence-corrected chi connectivity index (χ1v) is 11.0. The van der Waals surface area contributed by atoms with Crippen LogP contribution in [-0.4, -0.2) is 24.9 Å². The third-order valence-corrected chi connectivity index (χ3v) is 8.34. The molecule has 5 nitrogen and oxygen atoms in total. The SMILES string of the molecule is CC1NC(=O)C(Cc2cccc(C(F)(F)F)c2)S1=NS(=O)(=O)c1ccccc1. The molecule has 0 radical (unpaired) electrons. The second-order valence-corrected chi connectivity index (χ2v) is 10.2. The molecule has 0 spiro atoms. The number of halogens is 3. The Morgan fingerprint density at radius 3 is 2.43 bits per heavy atom. The van der Waals surface area contributed by atoms with Gasteiger partial charge in [-0.25, -0.2) is 0 Å². The zero-order valence-electron chi connectivity index (χ0n) is 14.7. The molecule has 2 aromatic rings. The molecule has 2 aromatic carbocycles. The average molecular weight is 430 g/mol. The van der Waals surface area contributed by atoms with Crippen molar-refractivity contribution in [2.24, 2.45) is 3.77 Å². The van der Waals surface area contributed by atoms with Crippen LogP contribution in [0.3, 0.4) is 0 Å². The molecule has 0 bridgehead atoms. The maximum atomic E-state index is 12.9. The van der Waals surface area contributed by atoms with Gasteiger partial charge in [0.1, 0.15) is 5.25 Å². The average Bonchev–Trinajstić information content (AvgIpc) is 2.89. The second-order valence-electron chi connectivity index (χ2n) is 6.25. The Morgan fingerprint density at radius 2 is 1.79 bits per heavy atom. The van der Waals surface area contributed by atoms with Gasteiger partial charge in [0.2, 0.25) is 5.91 Å². The minimum absolute atomic E-state index is 0.00636. The number of amides is 1. The molecule has 3 rings (SSSR count). The quantitative estimate of drug-likeness (QED) is 0.809. The van der Waals surface area contributed by atoms with Crippen LogP contribution in [0.25, 0.3) is 0 Å². The van der Waals surface area contributed by atoms with Crippen LogP contribution in [0.5, 0.6) is 0 Å². The van der Waals surface area contributed by atoms with Gasteiger partial charge in [0, 0.05) is 0 Å². The van der Waals surface area contributed by atoms with Crippen molar-refractivity contribution in [1.82, 2.24) is 5.32 Å². The number of hydrogen-bond donors (Lipinski definition) is 1. The zero-order valence-corrected chi connectivity index (χ0v) is 16.3. The molecule has 0 saturated carbocycles. The molecule has 1 aliphatic heterocycles. The van der Waals surface area contributed by atoms with Gasteiger partial charge in [-0.2, -0.15) is 21.6 Å². The van der Waals surface area contributed by atoms with E-state index in [0.29, 0.717) is 5.56 Å². The van der Waals surface area contributed by atoms with Gasteiger partial charge >= 0.3 is 6.18 Å². The maximum absolute atomic E-state index is 12.9. The van der Waals surface area contributed by atoms with Crippen LogP contribution in [0.1, 0.15) is 18.1 Å². The van der Waals surface area contributed by atoms with E-state index in [9.17, 15) is 26.4 Å². The molecule has 3 atom stereocenters. The number of nitrogens with one attached hydrogen (secondary N) is 1. The molecule has 3 unspecified atom stereocenters. The van der Waals surface area contributed by atoms with Crippen molar-refractivity contribution >= 4 is 26.6 Å². The molecule has 10 heteroatoms. The van der Waals surface area contributed by atoms with Crippen molar-refractivity contribution in [3.05, 3.63) is 65.7 Å². The summed E-state index contributed by atoms with van der Waals surface area (Å²) in [7, 11) is -5.23. The number of nitrogens with zero attached hydrogens (tertiary/aromatic N) is 1. The van der Waals surface area contributed by atoms with Gasteiger partial charge < -0.3 is 5.32 Å². The van der Waals surface area contributed by atoms with Crippen molar-refractivity contribution < 1.29 is 26.4 Å². The minimum Gasteiger partial charge on any atom is -0.343 e. The molecular formula is C18H17F3N2O3S2. The van der Waals surface area contributed by atoms with Gasteiger partial charge in [-0.05, 0) is 47.8 Å². The highest BCUT2D eigenvalue weighted by Crippen LogP contribution is 2.30. The van der Waals surface area contributed by atoms with Gasteiger partial charge in [-0.3, -0.25) is 4.79 Å². The lowest BCUT2D eigenvalue weighted by atomic mass is 10.1. The number of alkyl halides is 3. The molecule has 150 valence electrons. The van der Waals surface area contributed by atoms with E-state index in [2.05, 4.69) is 9.08 Å². The fraction of sp³-hybridized carbons (Fsp3) is 0.278. The molecule has 0 aromatic heterocycles. The lowest BCUT2D eigenvalue weighted by Gasteiger charge is -2.13. The highest BCUT2D eigenvalue weighted by atomic mass is 32.3. The van der Waals surface area contributed by atoms with Gasteiger partial charge in [0.15, 0.2) is 0 Å². The molecule has 0 aliphatic carbocycles. The minimum atomic E-state index is -4.50. The van der Waals surface area contributed by atoms with E-state index in [4.69, 9.17) is 0 Å². The van der Waals surface area contributed by atoms with Crippen molar-refractivity contribution in [3.63, 3.8) is 0 Å². The Bertz CT molecular complexity index is 1020. The Morgan fingerprint density at radius 1 is 1.11 bits per heavy atom. The van der Waals surface area contributed by atoms with E-state index >= 15 is 0 Å². The first kappa shape index (κ1) is 20.5. The molecule has 1 aliphatic rings. The van der Waals surface area contributed by atoms with Gasteiger partial charge in [0.25, 0.3) is 10.0 Å². The van der Waals surface area contributed by atoms with Crippen LogP contribution in [-0.2, 0) is 38.1 Å². The number of benzene rings is 2. The first-order valence-electron chi connectivity index (χ1n) is 8.29. The lowest BCUT2D eigenvalue weighted by Crippen LogP contribution is -2.27. The molecule has 1 saturated heterocycles. The number of carbonyl (C=O) groups excluding carboxylic acids is 1. The van der Waals surface area contributed by atoms with Crippen molar-refractivity contribution in [1.29, 1.82) is 0 Å². The van der Waals surface area contributed by atoms with Crippen molar-refractivity contribution in [2.45, 2.75) is 35.0 Å². The predicted molar refractivity (Wildman–Crippen MR) is 100.0 cm³/mol. The van der Waals surface area contributed by atoms with Crippen LogP contribution < -0.4 is 5.32 Å². The summed E-state index contributed by atoms with van der Waals surface area (Å²) in [6.07, 6.45) is -4.53. The molecule has 1 fully saturated rings. The van der Waals surface area contributed by atoms with E-state index in [1.165, 1.54) is 24.3 Å². The molecule has 28 heavy (non-hydrogen) atoms. The summed E-state index contributed by atoms with van der Waals surface area (Å²) >= 11 is 0. The molecule has 1 heterocycles. The van der Waals surface area contributed by atoms with Gasteiger partial charge in [-0.15, -0.1) is 3.77 Å². The fourth-order valence-corrected chi connectivity index (χ4v) is 6.91. The largest absolute Gasteiger partial charge is 0.416 e. The molecular weight excluding hydrogens is 413 g/mol. The van der Waals surface area contributed by atoms with Gasteiger partial charge in [0.05, 0.1) is 15.8 Å². The summed E-state index contributed by atoms with van der Waals surface area (Å²) < 4.78 is 67.9. The molecule has 1 N–H and O–H groups in total. The van der Waals surface area contributed by atoms with E-state index in [-0.39, 0.29) is 11.3 Å². The topological polar surface area (TPSA) is 75.6 Å². The Balaban J connectivity index is 1.95. The Hall–Kier alpha value is -2.20. The highest BCUT2D eigenvalue weighted by molar-refractivity contribution is 8.01. The zero-order chi connectivity index (χ0) is 20.5. The highest BCUT2D eigenvalue weighted by Gasteiger charge is 2.37. The van der Waals surface area contributed by atoms with Crippen molar-refractivity contribution in [3.8, 4) is 0 Å². The van der Waals surface area contributed by atoms with E-state index in [1.807, 2.05) is 0 Å². The molecule has 1 amide bonds. The lowest BCUT2D eigenvalue weighted by molar-refractivity contribution is -0.137. The monoisotopic (exact) mass is 430 g/mol. The number of sulfonamides is 1. The standard InChI is InChI=1S/C18H17F3N2O3S2/c1-12-22-17(24)16(11-13-6-5-7-14(10-13)18(19,20)21)27(12)23-28(25,26)15-8-3-2-4-9-15/h2-10,12,16H,11H2,1H3,(H,22,24). The second kappa shape index (κ2) is 7.67. The summed E-state index contributed by atoms with van der Waals surface area (Å²) in [4.78, 5) is 12.3. The number of rotatable bonds is 4. The van der Waals surface area contributed by atoms with Crippen LogP contribution in [0.15, 0.2) is 63.3 Å². The van der Waals surface area contributed by atoms with E-state index in [0.717, 1.165) is 12.1 Å². The normalized spacial score (nSPS) is 23.0. The number of carbonyl (C=O) groups is 1. The predicted octanol–water partition coefficient (Wildman–Crippen LogP) is 3.28. The smallest absolute Gasteiger partial charge is 0.343 e. The summed E-state index contributed by atoms with van der Waals surface area (Å²) in [6, 6.07) is 12.3. The van der Waals surface area contributed by atoms with Crippen LogP contribution in [0.4, 0.5) is 13.2 Å². The van der Waals surface area contributed by atoms with Crippen LogP contribution in [0.2, 0.25) is 0 Å². The third kappa shape index (κ3) is 4.44. The Kier molecular flexibility index (Phi) is 5.62. The summed E-state index contributed by atoms with van der Waals surface area (Å²) in [5, 5.41) is 1.27. The van der Waals surface area contributed by atoms with E-state index < -0.39 is 49.0 Å². The first-order chi connectivity index (χ1) is 13.1. The fourth-order valence-electron chi connectivity index (χ4n) is 2.84. The summed E-state index contributed by atoms with van der Waals surface area (Å²) in [5.41, 5.74) is -0.515. The Labute approximate surface area is 163 Å². The van der Waals surface area contributed by atoms with E-state index in [1.54, 1.807) is 25.1 Å². The third-order valence-electron chi connectivity index (χ3n) is 4.19. The van der Waals surface area contributed by atoms with Gasteiger partial charge in [-0.1, -0.05) is 36.4 Å². The maximum Gasteiger partial charge on any atom is 0.416 e. The van der Waals surface area contributed by atoms with Crippen molar-refractivity contribution in [2.75, 3.05) is 0 Å².